The number of nitrogens with zero attached hydrogens (tertiary/aromatic N) is 2. The van der Waals surface area contributed by atoms with Gasteiger partial charge >= 0.3 is 0 Å². The average molecular weight is 411 g/mol. The first-order chi connectivity index (χ1) is 15.2. The van der Waals surface area contributed by atoms with Crippen LogP contribution < -0.4 is 4.74 Å². The number of para-hydroxylation sites is 1. The van der Waals surface area contributed by atoms with Gasteiger partial charge in [0, 0.05) is 42.0 Å². The number of fused-ring (bicyclic) bond motifs is 1. The molecule has 1 aliphatic rings. The lowest BCUT2D eigenvalue weighted by Crippen LogP contribution is -2.27. The minimum atomic E-state index is 0.0417. The van der Waals surface area contributed by atoms with Crippen molar-refractivity contribution in [2.75, 3.05) is 7.11 Å². The van der Waals surface area contributed by atoms with Crippen molar-refractivity contribution in [3.63, 3.8) is 0 Å². The van der Waals surface area contributed by atoms with E-state index in [9.17, 15) is 4.79 Å². The van der Waals surface area contributed by atoms with Crippen LogP contribution in [-0.4, -0.2) is 22.5 Å². The fraction of sp³-hybridized carbons (Fsp3) is 0.222. The van der Waals surface area contributed by atoms with E-state index >= 15 is 0 Å². The minimum absolute atomic E-state index is 0.0417. The van der Waals surface area contributed by atoms with Crippen LogP contribution in [0.15, 0.2) is 78.9 Å². The zero-order chi connectivity index (χ0) is 21.4. The fourth-order valence-corrected chi connectivity index (χ4v) is 4.89. The number of carbonyl (C=O) groups is 1. The van der Waals surface area contributed by atoms with Gasteiger partial charge in [0.2, 0.25) is 5.91 Å². The molecule has 156 valence electrons. The molecule has 31 heavy (non-hydrogen) atoms. The number of carbonyl (C=O) groups excluding carboxylic acids is 1. The lowest BCUT2D eigenvalue weighted by Gasteiger charge is -2.26. The molecule has 1 aromatic heterocycles. The molecule has 3 aromatic carbocycles. The van der Waals surface area contributed by atoms with Crippen LogP contribution in [0.1, 0.15) is 30.0 Å². The summed E-state index contributed by atoms with van der Waals surface area (Å²) in [7, 11) is 3.80. The third-order valence-electron chi connectivity index (χ3n) is 6.35. The summed E-state index contributed by atoms with van der Waals surface area (Å²) in [6, 6.07) is 27.0. The maximum absolute atomic E-state index is 13.0. The topological polar surface area (TPSA) is 34.5 Å². The van der Waals surface area contributed by atoms with E-state index in [1.165, 1.54) is 16.5 Å². The number of aromatic nitrogens is 1. The maximum atomic E-state index is 13.0. The number of hydrogen-bond donors (Lipinski definition) is 0. The maximum Gasteiger partial charge on any atom is 0.223 e. The van der Waals surface area contributed by atoms with Crippen molar-refractivity contribution in [1.82, 2.24) is 9.47 Å². The van der Waals surface area contributed by atoms with Crippen LogP contribution in [0.3, 0.4) is 0 Å². The average Bonchev–Trinajstić information content (AvgIpc) is 3.31. The quantitative estimate of drug-likeness (QED) is 0.422. The van der Waals surface area contributed by atoms with Crippen LogP contribution in [0.25, 0.3) is 22.2 Å². The van der Waals surface area contributed by atoms with Crippen LogP contribution in [0.4, 0.5) is 0 Å². The van der Waals surface area contributed by atoms with Gasteiger partial charge in [0.15, 0.2) is 0 Å². The summed E-state index contributed by atoms with van der Waals surface area (Å²) in [5.74, 6) is 1.05. The molecule has 0 N–H and O–H groups in total. The monoisotopic (exact) mass is 410 g/mol. The van der Waals surface area contributed by atoms with Gasteiger partial charge in [-0.3, -0.25) is 4.79 Å². The highest BCUT2D eigenvalue weighted by Crippen LogP contribution is 2.44. The van der Waals surface area contributed by atoms with E-state index in [0.29, 0.717) is 13.0 Å². The van der Waals surface area contributed by atoms with Crippen LogP contribution >= 0.6 is 0 Å². The summed E-state index contributed by atoms with van der Waals surface area (Å²) in [5.41, 5.74) is 5.82. The third-order valence-corrected chi connectivity index (χ3v) is 6.35. The molecule has 5 rings (SSSR count). The molecule has 0 spiro atoms. The molecule has 0 aliphatic carbocycles. The molecule has 0 unspecified atom stereocenters. The van der Waals surface area contributed by atoms with Gasteiger partial charge in [-0.25, -0.2) is 0 Å². The second-order valence-corrected chi connectivity index (χ2v) is 8.13. The Kier molecular flexibility index (Phi) is 4.99. The number of likely N-dealkylation sites (tertiary alicyclic amines) is 1. The molecule has 1 atom stereocenters. The number of aryl methyl sites for hydroxylation is 1. The summed E-state index contributed by atoms with van der Waals surface area (Å²) in [4.78, 5) is 15.0. The van der Waals surface area contributed by atoms with Crippen molar-refractivity contribution in [2.45, 2.75) is 25.4 Å². The van der Waals surface area contributed by atoms with Crippen molar-refractivity contribution >= 4 is 16.8 Å². The molecule has 1 saturated heterocycles. The highest BCUT2D eigenvalue weighted by molar-refractivity contribution is 5.94. The van der Waals surface area contributed by atoms with Crippen molar-refractivity contribution in [3.05, 3.63) is 90.0 Å². The molecule has 4 heteroatoms. The molecule has 0 bridgehead atoms. The molecule has 2 heterocycles. The Hall–Kier alpha value is -3.53. The second-order valence-electron chi connectivity index (χ2n) is 8.13. The normalized spacial score (nSPS) is 16.3. The highest BCUT2D eigenvalue weighted by Gasteiger charge is 2.36. The predicted molar refractivity (Wildman–Crippen MR) is 124 cm³/mol. The van der Waals surface area contributed by atoms with Gasteiger partial charge in [-0.15, -0.1) is 0 Å². The molecule has 4 aromatic rings. The predicted octanol–water partition coefficient (Wildman–Crippen LogP) is 5.72. The Morgan fingerprint density at radius 2 is 1.74 bits per heavy atom. The van der Waals surface area contributed by atoms with Gasteiger partial charge < -0.3 is 14.2 Å². The smallest absolute Gasteiger partial charge is 0.223 e. The first-order valence-electron chi connectivity index (χ1n) is 10.7. The van der Waals surface area contributed by atoms with E-state index in [1.54, 1.807) is 7.11 Å². The van der Waals surface area contributed by atoms with Crippen molar-refractivity contribution in [3.8, 4) is 17.0 Å². The largest absolute Gasteiger partial charge is 0.497 e. The van der Waals surface area contributed by atoms with Gasteiger partial charge in [0.25, 0.3) is 0 Å². The van der Waals surface area contributed by atoms with E-state index in [1.807, 2.05) is 30.3 Å². The van der Waals surface area contributed by atoms with Crippen molar-refractivity contribution in [2.24, 2.45) is 7.05 Å². The number of benzene rings is 3. The van der Waals surface area contributed by atoms with E-state index in [0.717, 1.165) is 29.0 Å². The standard InChI is InChI=1S/C27H26N2O2/c1-28-23-14-7-6-13-22(23)26(27(28)20-11-8-12-21(17-20)31-2)24-15-16-25(30)29(24)18-19-9-4-3-5-10-19/h3-14,17,24H,15-16,18H2,1-2H3/t24-/m0/s1. The molecule has 0 radical (unpaired) electrons. The zero-order valence-corrected chi connectivity index (χ0v) is 17.9. The van der Waals surface area contributed by atoms with Crippen molar-refractivity contribution < 1.29 is 9.53 Å². The Balaban J connectivity index is 1.69. The van der Waals surface area contributed by atoms with E-state index in [4.69, 9.17) is 4.74 Å². The molecular formula is C27H26N2O2. The summed E-state index contributed by atoms with van der Waals surface area (Å²) >= 11 is 0. The first-order valence-corrected chi connectivity index (χ1v) is 10.7. The minimum Gasteiger partial charge on any atom is -0.497 e. The summed E-state index contributed by atoms with van der Waals surface area (Å²) < 4.78 is 7.75. The Morgan fingerprint density at radius 1 is 0.968 bits per heavy atom. The van der Waals surface area contributed by atoms with Gasteiger partial charge in [-0.2, -0.15) is 0 Å². The first kappa shape index (κ1) is 19.4. The summed E-state index contributed by atoms with van der Waals surface area (Å²) in [6.45, 7) is 0.630. The fourth-order valence-electron chi connectivity index (χ4n) is 4.89. The number of hydrogen-bond acceptors (Lipinski definition) is 2. The van der Waals surface area contributed by atoms with Crippen LogP contribution in [0, 0.1) is 0 Å². The lowest BCUT2D eigenvalue weighted by molar-refractivity contribution is -0.129. The molecular weight excluding hydrogens is 384 g/mol. The number of amides is 1. The zero-order valence-electron chi connectivity index (χ0n) is 17.9. The summed E-state index contributed by atoms with van der Waals surface area (Å²) in [6.07, 6.45) is 1.41. The van der Waals surface area contributed by atoms with Crippen LogP contribution in [0.2, 0.25) is 0 Å². The SMILES string of the molecule is COc1cccc(-c2c([C@@H]3CCC(=O)N3Cc3ccccc3)c3ccccc3n2C)c1. The van der Waals surface area contributed by atoms with Crippen LogP contribution in [0.5, 0.6) is 5.75 Å². The molecule has 4 nitrogen and oxygen atoms in total. The molecule has 1 aliphatic heterocycles. The van der Waals surface area contributed by atoms with Gasteiger partial charge in [-0.05, 0) is 30.2 Å². The third kappa shape index (κ3) is 3.38. The van der Waals surface area contributed by atoms with Crippen molar-refractivity contribution in [1.29, 1.82) is 0 Å². The van der Waals surface area contributed by atoms with Gasteiger partial charge in [0.05, 0.1) is 18.8 Å². The molecule has 1 fully saturated rings. The lowest BCUT2D eigenvalue weighted by atomic mass is 9.96. The second kappa shape index (κ2) is 7.95. The van der Waals surface area contributed by atoms with E-state index in [2.05, 4.69) is 65.0 Å². The number of methoxy groups -OCH3 is 1. The van der Waals surface area contributed by atoms with E-state index < -0.39 is 0 Å². The van der Waals surface area contributed by atoms with Crippen LogP contribution in [-0.2, 0) is 18.4 Å². The highest BCUT2D eigenvalue weighted by atomic mass is 16.5. The number of ether oxygens (including phenoxy) is 1. The van der Waals surface area contributed by atoms with E-state index in [-0.39, 0.29) is 11.9 Å². The van der Waals surface area contributed by atoms with Gasteiger partial charge in [0.1, 0.15) is 5.75 Å². The molecule has 1 amide bonds. The van der Waals surface area contributed by atoms with Gasteiger partial charge in [-0.1, -0.05) is 60.7 Å². The Labute approximate surface area is 182 Å². The molecule has 0 saturated carbocycles. The summed E-state index contributed by atoms with van der Waals surface area (Å²) in [5, 5.41) is 1.21. The Morgan fingerprint density at radius 3 is 2.55 bits per heavy atom. The number of rotatable bonds is 5. The Bertz CT molecular complexity index is 1240.